The van der Waals surface area contributed by atoms with Crippen LogP contribution in [-0.2, 0) is 17.8 Å². The van der Waals surface area contributed by atoms with Crippen LogP contribution in [0.4, 0.5) is 0 Å². The highest BCUT2D eigenvalue weighted by Gasteiger charge is 2.15. The average Bonchev–Trinajstić information content (AvgIpc) is 3.21. The van der Waals surface area contributed by atoms with Gasteiger partial charge >= 0.3 is 0 Å². The van der Waals surface area contributed by atoms with Crippen molar-refractivity contribution in [3.63, 3.8) is 0 Å². The largest absolute Gasteiger partial charge is 0.493 e. The van der Waals surface area contributed by atoms with E-state index in [1.165, 1.54) is 4.88 Å². The Bertz CT molecular complexity index is 689. The molecule has 0 spiro atoms. The lowest BCUT2D eigenvalue weighted by Crippen LogP contribution is -2.39. The van der Waals surface area contributed by atoms with Gasteiger partial charge in [0.15, 0.2) is 11.5 Å². The van der Waals surface area contributed by atoms with Gasteiger partial charge in [0.1, 0.15) is 0 Å². The molecule has 0 aliphatic heterocycles. The van der Waals surface area contributed by atoms with Crippen LogP contribution in [0, 0.1) is 0 Å². The lowest BCUT2D eigenvalue weighted by Gasteiger charge is -2.23. The predicted octanol–water partition coefficient (Wildman–Crippen LogP) is 3.73. The number of ether oxygens (including phenoxy) is 2. The Balaban J connectivity index is 1.99. The highest BCUT2D eigenvalue weighted by atomic mass is 32.1. The Labute approximate surface area is 166 Å². The topological polar surface area (TPSA) is 50.8 Å². The van der Waals surface area contributed by atoms with E-state index in [2.05, 4.69) is 18.3 Å². The van der Waals surface area contributed by atoms with E-state index in [1.54, 1.807) is 25.6 Å². The Morgan fingerprint density at radius 2 is 2.00 bits per heavy atom. The molecule has 0 aliphatic carbocycles. The third kappa shape index (κ3) is 6.88. The predicted molar refractivity (Wildman–Crippen MR) is 111 cm³/mol. The Morgan fingerprint density at radius 3 is 2.67 bits per heavy atom. The smallest absolute Gasteiger partial charge is 0.236 e. The number of unbranched alkanes of at least 4 members (excludes halogenated alkanes) is 1. The third-order valence-electron chi connectivity index (χ3n) is 4.38. The maximum absolute atomic E-state index is 12.7. The molecule has 6 heteroatoms. The van der Waals surface area contributed by atoms with Gasteiger partial charge < -0.3 is 19.7 Å². The van der Waals surface area contributed by atoms with Crippen LogP contribution in [0.2, 0.25) is 0 Å². The van der Waals surface area contributed by atoms with Crippen LogP contribution in [0.25, 0.3) is 0 Å². The molecule has 2 aromatic rings. The molecule has 1 N–H and O–H groups in total. The molecule has 0 saturated carbocycles. The second kappa shape index (κ2) is 11.6. The summed E-state index contributed by atoms with van der Waals surface area (Å²) in [6.45, 7) is 4.73. The number of carbonyl (C=O) groups excluding carboxylic acids is 1. The van der Waals surface area contributed by atoms with Crippen molar-refractivity contribution in [2.24, 2.45) is 0 Å². The molecule has 27 heavy (non-hydrogen) atoms. The maximum atomic E-state index is 12.7. The van der Waals surface area contributed by atoms with E-state index in [1.807, 2.05) is 34.5 Å². The zero-order chi connectivity index (χ0) is 19.5. The molecule has 2 rings (SSSR count). The van der Waals surface area contributed by atoms with Gasteiger partial charge in [0.25, 0.3) is 0 Å². The van der Waals surface area contributed by atoms with Crippen LogP contribution in [0.1, 0.15) is 30.2 Å². The minimum Gasteiger partial charge on any atom is -0.493 e. The summed E-state index contributed by atoms with van der Waals surface area (Å²) >= 11 is 1.68. The number of nitrogens with one attached hydrogen (secondary N) is 1. The minimum absolute atomic E-state index is 0.139. The number of nitrogens with zero attached hydrogens (tertiary/aromatic N) is 1. The monoisotopic (exact) mass is 390 g/mol. The fraction of sp³-hybridized carbons (Fsp3) is 0.476. The normalized spacial score (nSPS) is 10.6. The molecule has 1 aromatic carbocycles. The molecular formula is C21H30N2O3S. The second-order valence-electron chi connectivity index (χ2n) is 6.36. The summed E-state index contributed by atoms with van der Waals surface area (Å²) < 4.78 is 10.7. The number of rotatable bonds is 12. The summed E-state index contributed by atoms with van der Waals surface area (Å²) in [6.07, 6.45) is 2.98. The van der Waals surface area contributed by atoms with Crippen LogP contribution < -0.4 is 14.8 Å². The highest BCUT2D eigenvalue weighted by molar-refractivity contribution is 7.09. The molecule has 0 fully saturated rings. The second-order valence-corrected chi connectivity index (χ2v) is 7.40. The summed E-state index contributed by atoms with van der Waals surface area (Å²) in [7, 11) is 3.26. The van der Waals surface area contributed by atoms with Gasteiger partial charge in [-0.15, -0.1) is 11.3 Å². The van der Waals surface area contributed by atoms with Gasteiger partial charge in [0.2, 0.25) is 5.91 Å². The number of thiophene rings is 1. The van der Waals surface area contributed by atoms with Gasteiger partial charge in [0.05, 0.1) is 27.3 Å². The first-order valence-corrected chi connectivity index (χ1v) is 10.3. The quantitative estimate of drug-likeness (QED) is 0.561. The molecule has 0 atom stereocenters. The van der Waals surface area contributed by atoms with Crippen molar-refractivity contribution >= 4 is 17.2 Å². The summed E-state index contributed by atoms with van der Waals surface area (Å²) in [4.78, 5) is 15.8. The summed E-state index contributed by atoms with van der Waals surface area (Å²) in [6, 6.07) is 10.0. The molecule has 0 bridgehead atoms. The van der Waals surface area contributed by atoms with Crippen LogP contribution in [0.15, 0.2) is 35.7 Å². The van der Waals surface area contributed by atoms with Crippen molar-refractivity contribution in [2.75, 3.05) is 33.9 Å². The van der Waals surface area contributed by atoms with Crippen molar-refractivity contribution in [2.45, 2.75) is 32.7 Å². The van der Waals surface area contributed by atoms with Gasteiger partial charge in [0, 0.05) is 11.4 Å². The van der Waals surface area contributed by atoms with Crippen molar-refractivity contribution < 1.29 is 14.3 Å². The van der Waals surface area contributed by atoms with E-state index < -0.39 is 0 Å². The molecule has 0 unspecified atom stereocenters. The van der Waals surface area contributed by atoms with Gasteiger partial charge in [-0.2, -0.15) is 0 Å². The third-order valence-corrected chi connectivity index (χ3v) is 5.24. The SMILES string of the molecule is CCCCNCC(=O)N(CCc1ccc(OC)c(OC)c1)Cc1cccs1. The number of carbonyl (C=O) groups is 1. The number of hydrogen-bond acceptors (Lipinski definition) is 5. The summed E-state index contributed by atoms with van der Waals surface area (Å²) in [5.74, 6) is 1.57. The average molecular weight is 391 g/mol. The van der Waals surface area contributed by atoms with Crippen LogP contribution in [-0.4, -0.2) is 44.7 Å². The van der Waals surface area contributed by atoms with E-state index >= 15 is 0 Å². The molecule has 5 nitrogen and oxygen atoms in total. The molecule has 1 heterocycles. The van der Waals surface area contributed by atoms with Crippen LogP contribution in [0.5, 0.6) is 11.5 Å². The first-order valence-electron chi connectivity index (χ1n) is 9.39. The van der Waals surface area contributed by atoms with Gasteiger partial charge in [-0.3, -0.25) is 4.79 Å². The van der Waals surface area contributed by atoms with Gasteiger partial charge in [-0.05, 0) is 48.5 Å². The van der Waals surface area contributed by atoms with E-state index in [4.69, 9.17) is 9.47 Å². The Hall–Kier alpha value is -2.05. The zero-order valence-electron chi connectivity index (χ0n) is 16.5. The highest BCUT2D eigenvalue weighted by Crippen LogP contribution is 2.27. The van der Waals surface area contributed by atoms with E-state index in [9.17, 15) is 4.79 Å². The van der Waals surface area contributed by atoms with Crippen molar-refractivity contribution in [3.8, 4) is 11.5 Å². The van der Waals surface area contributed by atoms with E-state index in [0.717, 1.165) is 31.4 Å². The zero-order valence-corrected chi connectivity index (χ0v) is 17.3. The molecule has 0 radical (unpaired) electrons. The molecular weight excluding hydrogens is 360 g/mol. The lowest BCUT2D eigenvalue weighted by molar-refractivity contribution is -0.130. The van der Waals surface area contributed by atoms with E-state index in [-0.39, 0.29) is 5.91 Å². The molecule has 148 valence electrons. The minimum atomic E-state index is 0.139. The van der Waals surface area contributed by atoms with Crippen LogP contribution >= 0.6 is 11.3 Å². The Morgan fingerprint density at radius 1 is 1.19 bits per heavy atom. The fourth-order valence-corrected chi connectivity index (χ4v) is 3.51. The van der Waals surface area contributed by atoms with E-state index in [0.29, 0.717) is 31.1 Å². The first-order chi connectivity index (χ1) is 13.2. The van der Waals surface area contributed by atoms with Crippen molar-refractivity contribution in [3.05, 3.63) is 46.2 Å². The van der Waals surface area contributed by atoms with Crippen molar-refractivity contribution in [1.82, 2.24) is 10.2 Å². The molecule has 0 saturated heterocycles. The number of methoxy groups -OCH3 is 2. The maximum Gasteiger partial charge on any atom is 0.236 e. The number of amides is 1. The van der Waals surface area contributed by atoms with Gasteiger partial charge in [-0.25, -0.2) is 0 Å². The molecule has 1 aromatic heterocycles. The fourth-order valence-electron chi connectivity index (χ4n) is 2.79. The van der Waals surface area contributed by atoms with Gasteiger partial charge in [-0.1, -0.05) is 25.5 Å². The standard InChI is InChI=1S/C21H30N2O3S/c1-4-5-11-22-15-21(24)23(16-18-7-6-13-27-18)12-10-17-8-9-19(25-2)20(14-17)26-3/h6-9,13-14,22H,4-5,10-12,15-16H2,1-3H3. The van der Waals surface area contributed by atoms with Crippen molar-refractivity contribution in [1.29, 1.82) is 0 Å². The summed E-state index contributed by atoms with van der Waals surface area (Å²) in [5, 5.41) is 5.30. The molecule has 0 aliphatic rings. The number of benzene rings is 1. The van der Waals surface area contributed by atoms with Crippen LogP contribution in [0.3, 0.4) is 0 Å². The molecule has 1 amide bonds. The lowest BCUT2D eigenvalue weighted by atomic mass is 10.1. The first kappa shape index (κ1) is 21.3. The number of hydrogen-bond donors (Lipinski definition) is 1. The summed E-state index contributed by atoms with van der Waals surface area (Å²) in [5.41, 5.74) is 1.12. The Kier molecular flexibility index (Phi) is 9.15.